The van der Waals surface area contributed by atoms with Gasteiger partial charge in [0.25, 0.3) is 10.0 Å². The molecule has 146 valence electrons. The third-order valence-electron chi connectivity index (χ3n) is 3.39. The van der Waals surface area contributed by atoms with Crippen LogP contribution in [0.4, 0.5) is 5.69 Å². The van der Waals surface area contributed by atoms with Gasteiger partial charge < -0.3 is 4.74 Å². The molecule has 0 fully saturated rings. The molecule has 8 nitrogen and oxygen atoms in total. The highest BCUT2D eigenvalue weighted by atomic mass is 32.2. The summed E-state index contributed by atoms with van der Waals surface area (Å²) < 4.78 is 58.8. The van der Waals surface area contributed by atoms with Crippen molar-refractivity contribution in [1.82, 2.24) is 4.72 Å². The van der Waals surface area contributed by atoms with E-state index >= 15 is 0 Å². The first-order valence-electron chi connectivity index (χ1n) is 7.89. The van der Waals surface area contributed by atoms with Gasteiger partial charge in [-0.15, -0.1) is 0 Å². The summed E-state index contributed by atoms with van der Waals surface area (Å²) in [6.45, 7) is 3.39. The molecule has 0 unspecified atom stereocenters. The molecule has 27 heavy (non-hydrogen) atoms. The number of sulfonamides is 2. The summed E-state index contributed by atoms with van der Waals surface area (Å²) in [5, 5.41) is 0. The van der Waals surface area contributed by atoms with Crippen LogP contribution in [0, 0.1) is 0 Å². The molecule has 2 N–H and O–H groups in total. The minimum Gasteiger partial charge on any atom is -0.465 e. The van der Waals surface area contributed by atoms with Crippen LogP contribution in [0.2, 0.25) is 0 Å². The van der Waals surface area contributed by atoms with Crippen molar-refractivity contribution < 1.29 is 26.4 Å². The van der Waals surface area contributed by atoms with E-state index in [0.29, 0.717) is 0 Å². The lowest BCUT2D eigenvalue weighted by Crippen LogP contribution is -2.30. The summed E-state index contributed by atoms with van der Waals surface area (Å²) >= 11 is 0. The average Bonchev–Trinajstić information content (AvgIpc) is 2.60. The number of carbonyl (C=O) groups excluding carboxylic acids is 1. The zero-order chi connectivity index (χ0) is 20.2. The van der Waals surface area contributed by atoms with Crippen LogP contribution in [-0.2, 0) is 24.8 Å². The molecule has 0 atom stereocenters. The van der Waals surface area contributed by atoms with E-state index in [4.69, 9.17) is 0 Å². The maximum Gasteiger partial charge on any atom is 0.339 e. The Balaban J connectivity index is 2.31. The molecule has 2 aromatic carbocycles. The highest BCUT2D eigenvalue weighted by Gasteiger charge is 2.23. The van der Waals surface area contributed by atoms with Crippen LogP contribution < -0.4 is 9.44 Å². The molecule has 0 radical (unpaired) electrons. The highest BCUT2D eigenvalue weighted by molar-refractivity contribution is 7.92. The van der Waals surface area contributed by atoms with Crippen LogP contribution in [-0.4, -0.2) is 36.0 Å². The summed E-state index contributed by atoms with van der Waals surface area (Å²) in [5.41, 5.74) is 0.0472. The topological polar surface area (TPSA) is 119 Å². The standard InChI is InChI=1S/C17H20N2O6S2/c1-12(2)18-26(21,22)14-10-8-13(9-11-14)19-27(23,24)16-7-5-4-6-15(16)17(20)25-3/h4-12,18-19H,1-3H3. The van der Waals surface area contributed by atoms with Crippen molar-refractivity contribution in [3.63, 3.8) is 0 Å². The van der Waals surface area contributed by atoms with Crippen LogP contribution in [0.5, 0.6) is 0 Å². The van der Waals surface area contributed by atoms with Crippen molar-refractivity contribution in [3.8, 4) is 0 Å². The summed E-state index contributed by atoms with van der Waals surface area (Å²) in [6, 6.07) is 10.6. The lowest BCUT2D eigenvalue weighted by Gasteiger charge is -2.12. The number of anilines is 1. The SMILES string of the molecule is COC(=O)c1ccccc1S(=O)(=O)Nc1ccc(S(=O)(=O)NC(C)C)cc1. The molecule has 10 heteroatoms. The number of rotatable bonds is 7. The van der Waals surface area contributed by atoms with Crippen LogP contribution in [0.3, 0.4) is 0 Å². The molecule has 0 aliphatic heterocycles. The highest BCUT2D eigenvalue weighted by Crippen LogP contribution is 2.21. The van der Waals surface area contributed by atoms with E-state index in [0.717, 1.165) is 7.11 Å². The molecule has 0 aliphatic carbocycles. The molecule has 0 saturated heterocycles. The Morgan fingerprint density at radius 3 is 2.07 bits per heavy atom. The van der Waals surface area contributed by atoms with Gasteiger partial charge in [0.05, 0.1) is 17.6 Å². The normalized spacial score (nSPS) is 12.0. The Kier molecular flexibility index (Phi) is 6.24. The monoisotopic (exact) mass is 412 g/mol. The second-order valence-corrected chi connectivity index (χ2v) is 9.26. The molecule has 0 heterocycles. The van der Waals surface area contributed by atoms with Crippen molar-refractivity contribution in [3.05, 3.63) is 54.1 Å². The third kappa shape index (κ3) is 5.06. The van der Waals surface area contributed by atoms with Gasteiger partial charge in [-0.3, -0.25) is 4.72 Å². The molecular formula is C17H20N2O6S2. The minimum atomic E-state index is -4.08. The molecule has 0 spiro atoms. The first-order chi connectivity index (χ1) is 12.6. The zero-order valence-corrected chi connectivity index (χ0v) is 16.6. The summed E-state index contributed by atoms with van der Waals surface area (Å²) in [7, 11) is -6.61. The van der Waals surface area contributed by atoms with E-state index in [1.54, 1.807) is 13.8 Å². The van der Waals surface area contributed by atoms with E-state index in [1.807, 2.05) is 0 Å². The van der Waals surface area contributed by atoms with Crippen LogP contribution in [0.15, 0.2) is 58.3 Å². The van der Waals surface area contributed by atoms with Gasteiger partial charge in [0.15, 0.2) is 0 Å². The average molecular weight is 412 g/mol. The lowest BCUT2D eigenvalue weighted by molar-refractivity contribution is 0.0596. The Morgan fingerprint density at radius 1 is 0.926 bits per heavy atom. The van der Waals surface area contributed by atoms with Crippen molar-refractivity contribution in [2.24, 2.45) is 0 Å². The number of hydrogen-bond donors (Lipinski definition) is 2. The van der Waals surface area contributed by atoms with Crippen molar-refractivity contribution in [2.75, 3.05) is 11.8 Å². The number of nitrogens with one attached hydrogen (secondary N) is 2. The Morgan fingerprint density at radius 2 is 1.52 bits per heavy atom. The van der Waals surface area contributed by atoms with E-state index in [1.165, 1.54) is 48.5 Å². The lowest BCUT2D eigenvalue weighted by atomic mass is 10.2. The van der Waals surface area contributed by atoms with Crippen molar-refractivity contribution in [1.29, 1.82) is 0 Å². The van der Waals surface area contributed by atoms with Gasteiger partial charge in [-0.25, -0.2) is 26.4 Å². The van der Waals surface area contributed by atoms with E-state index in [9.17, 15) is 21.6 Å². The number of carbonyl (C=O) groups is 1. The smallest absolute Gasteiger partial charge is 0.339 e. The van der Waals surface area contributed by atoms with Gasteiger partial charge in [0.2, 0.25) is 10.0 Å². The first-order valence-corrected chi connectivity index (χ1v) is 10.9. The largest absolute Gasteiger partial charge is 0.465 e. The fourth-order valence-corrected chi connectivity index (χ4v) is 4.78. The number of benzene rings is 2. The molecule has 0 aromatic heterocycles. The van der Waals surface area contributed by atoms with Crippen LogP contribution >= 0.6 is 0 Å². The maximum absolute atomic E-state index is 12.6. The van der Waals surface area contributed by atoms with Crippen molar-refractivity contribution >= 4 is 31.7 Å². The molecule has 0 aliphatic rings. The van der Waals surface area contributed by atoms with Gasteiger partial charge in [-0.1, -0.05) is 12.1 Å². The molecular weight excluding hydrogens is 392 g/mol. The first kappa shape index (κ1) is 20.9. The van der Waals surface area contributed by atoms with Crippen molar-refractivity contribution in [2.45, 2.75) is 29.7 Å². The summed E-state index contributed by atoms with van der Waals surface area (Å²) in [4.78, 5) is 11.6. The van der Waals surface area contributed by atoms with E-state index in [2.05, 4.69) is 14.2 Å². The Hall–Kier alpha value is -2.43. The predicted molar refractivity (Wildman–Crippen MR) is 100 cm³/mol. The number of methoxy groups -OCH3 is 1. The summed E-state index contributed by atoms with van der Waals surface area (Å²) in [5.74, 6) is -0.780. The Labute approximate surface area is 158 Å². The number of ether oxygens (including phenoxy) is 1. The molecule has 2 aromatic rings. The second kappa shape index (κ2) is 8.07. The summed E-state index contributed by atoms with van der Waals surface area (Å²) in [6.07, 6.45) is 0. The van der Waals surface area contributed by atoms with Gasteiger partial charge in [0, 0.05) is 11.7 Å². The van der Waals surface area contributed by atoms with Gasteiger partial charge in [-0.05, 0) is 50.2 Å². The Bertz CT molecular complexity index is 1030. The van der Waals surface area contributed by atoms with Crippen LogP contribution in [0.25, 0.3) is 0 Å². The van der Waals surface area contributed by atoms with Gasteiger partial charge in [0.1, 0.15) is 4.90 Å². The number of hydrogen-bond acceptors (Lipinski definition) is 6. The van der Waals surface area contributed by atoms with Crippen LogP contribution in [0.1, 0.15) is 24.2 Å². The fraction of sp³-hybridized carbons (Fsp3) is 0.235. The van der Waals surface area contributed by atoms with Gasteiger partial charge >= 0.3 is 5.97 Å². The zero-order valence-electron chi connectivity index (χ0n) is 15.0. The molecule has 0 amide bonds. The molecule has 2 rings (SSSR count). The molecule has 0 bridgehead atoms. The quantitative estimate of drug-likeness (QED) is 0.671. The predicted octanol–water partition coefficient (Wildman–Crippen LogP) is 1.96. The second-order valence-electron chi connectivity index (χ2n) is 5.89. The van der Waals surface area contributed by atoms with E-state index < -0.39 is 26.0 Å². The molecule has 0 saturated carbocycles. The van der Waals surface area contributed by atoms with Gasteiger partial charge in [-0.2, -0.15) is 0 Å². The maximum atomic E-state index is 12.6. The third-order valence-corrected chi connectivity index (χ3v) is 6.50. The minimum absolute atomic E-state index is 0.00843. The fourth-order valence-electron chi connectivity index (χ4n) is 2.27. The number of esters is 1. The van der Waals surface area contributed by atoms with E-state index in [-0.39, 0.29) is 27.1 Å².